The molecule has 8 heteroatoms. The Balaban J connectivity index is 1.63. The Bertz CT molecular complexity index is 882. The largest absolute Gasteiger partial charge is 0.494 e. The van der Waals surface area contributed by atoms with Crippen LogP contribution in [0.15, 0.2) is 36.0 Å². The molecule has 7 nitrogen and oxygen atoms in total. The summed E-state index contributed by atoms with van der Waals surface area (Å²) in [4.78, 5) is 20.3. The van der Waals surface area contributed by atoms with Gasteiger partial charge in [0.25, 0.3) is 5.91 Å². The lowest BCUT2D eigenvalue weighted by atomic mass is 10.2. The third-order valence-corrected chi connectivity index (χ3v) is 5.06. The standard InChI is InChI=1S/C19H21N5O2S/c1-3-26-15-6-4-14(5-7-15)22-18(25)13(10-20)11-21-19-23-16-8-9-24(2)12-17(16)27-19/h4-7,11H,3,8-9,12H2,1-2H3,(H,21,23)(H,22,25)/b13-11-. The van der Waals surface area contributed by atoms with E-state index in [1.807, 2.05) is 13.0 Å². The van der Waals surface area contributed by atoms with E-state index in [-0.39, 0.29) is 5.57 Å². The van der Waals surface area contributed by atoms with E-state index in [1.54, 1.807) is 35.6 Å². The van der Waals surface area contributed by atoms with Crippen LogP contribution in [0.3, 0.4) is 0 Å². The van der Waals surface area contributed by atoms with Crippen molar-refractivity contribution in [3.05, 3.63) is 46.6 Å². The molecule has 0 spiro atoms. The number of nitrogens with zero attached hydrogens (tertiary/aromatic N) is 3. The summed E-state index contributed by atoms with van der Waals surface area (Å²) in [6.45, 7) is 4.35. The Morgan fingerprint density at radius 1 is 1.44 bits per heavy atom. The van der Waals surface area contributed by atoms with Crippen LogP contribution < -0.4 is 15.4 Å². The minimum absolute atomic E-state index is 0.0193. The Morgan fingerprint density at radius 2 is 2.22 bits per heavy atom. The number of nitriles is 1. The number of likely N-dealkylation sites (N-methyl/N-ethyl adjacent to an activating group) is 1. The predicted molar refractivity (Wildman–Crippen MR) is 106 cm³/mol. The highest BCUT2D eigenvalue weighted by Crippen LogP contribution is 2.27. The number of amides is 1. The van der Waals surface area contributed by atoms with Gasteiger partial charge in [0.1, 0.15) is 17.4 Å². The van der Waals surface area contributed by atoms with E-state index in [9.17, 15) is 10.1 Å². The molecular weight excluding hydrogens is 362 g/mol. The molecule has 1 aromatic heterocycles. The molecule has 0 fully saturated rings. The normalized spacial score (nSPS) is 14.2. The molecule has 1 amide bonds. The third kappa shape index (κ3) is 4.84. The predicted octanol–water partition coefficient (Wildman–Crippen LogP) is 2.99. The molecule has 0 unspecified atom stereocenters. The van der Waals surface area contributed by atoms with Gasteiger partial charge in [-0.3, -0.25) is 4.79 Å². The van der Waals surface area contributed by atoms with Crippen molar-refractivity contribution in [2.24, 2.45) is 0 Å². The number of ether oxygens (including phenoxy) is 1. The molecule has 1 aromatic carbocycles. The lowest BCUT2D eigenvalue weighted by Gasteiger charge is -2.20. The zero-order valence-electron chi connectivity index (χ0n) is 15.3. The summed E-state index contributed by atoms with van der Waals surface area (Å²) in [6.07, 6.45) is 2.31. The summed E-state index contributed by atoms with van der Waals surface area (Å²) in [5.74, 6) is 0.252. The van der Waals surface area contributed by atoms with Crippen LogP contribution in [0.25, 0.3) is 0 Å². The first-order valence-electron chi connectivity index (χ1n) is 8.67. The number of anilines is 2. The molecule has 0 saturated carbocycles. The molecule has 3 rings (SSSR count). The molecule has 140 valence electrons. The van der Waals surface area contributed by atoms with Gasteiger partial charge in [-0.25, -0.2) is 4.98 Å². The van der Waals surface area contributed by atoms with Crippen LogP contribution in [-0.2, 0) is 17.8 Å². The van der Waals surface area contributed by atoms with Crippen molar-refractivity contribution in [1.82, 2.24) is 9.88 Å². The van der Waals surface area contributed by atoms with Crippen LogP contribution in [0.2, 0.25) is 0 Å². The molecule has 27 heavy (non-hydrogen) atoms. The molecule has 0 atom stereocenters. The second-order valence-corrected chi connectivity index (χ2v) is 7.19. The molecule has 2 heterocycles. The lowest BCUT2D eigenvalue weighted by Crippen LogP contribution is -2.25. The van der Waals surface area contributed by atoms with Crippen molar-refractivity contribution >= 4 is 28.1 Å². The molecule has 2 N–H and O–H groups in total. The molecular formula is C19H21N5O2S. The Kier molecular flexibility index (Phi) is 6.06. The molecule has 1 aliphatic heterocycles. The highest BCUT2D eigenvalue weighted by molar-refractivity contribution is 7.15. The van der Waals surface area contributed by atoms with Crippen LogP contribution in [0, 0.1) is 11.3 Å². The highest BCUT2D eigenvalue weighted by atomic mass is 32.1. The fraction of sp³-hybridized carbons (Fsp3) is 0.316. The van der Waals surface area contributed by atoms with Gasteiger partial charge in [-0.05, 0) is 38.2 Å². The van der Waals surface area contributed by atoms with Crippen molar-refractivity contribution in [2.75, 3.05) is 30.8 Å². The quantitative estimate of drug-likeness (QED) is 0.589. The minimum atomic E-state index is -0.477. The highest BCUT2D eigenvalue weighted by Gasteiger charge is 2.18. The number of aromatic nitrogens is 1. The van der Waals surface area contributed by atoms with Gasteiger partial charge in [0.2, 0.25) is 0 Å². The van der Waals surface area contributed by atoms with E-state index < -0.39 is 5.91 Å². The minimum Gasteiger partial charge on any atom is -0.494 e. The first-order chi connectivity index (χ1) is 13.1. The van der Waals surface area contributed by atoms with Crippen molar-refractivity contribution in [1.29, 1.82) is 5.26 Å². The van der Waals surface area contributed by atoms with Gasteiger partial charge in [0, 0.05) is 36.3 Å². The third-order valence-electron chi connectivity index (χ3n) is 4.05. The summed E-state index contributed by atoms with van der Waals surface area (Å²) in [6, 6.07) is 8.93. The van der Waals surface area contributed by atoms with Crippen molar-refractivity contribution in [2.45, 2.75) is 19.9 Å². The van der Waals surface area contributed by atoms with Gasteiger partial charge < -0.3 is 20.3 Å². The number of benzene rings is 1. The number of hydrogen-bond donors (Lipinski definition) is 2. The SMILES string of the molecule is CCOc1ccc(NC(=O)/C(C#N)=C\Nc2nc3c(s2)CN(C)CC3)cc1. The molecule has 0 bridgehead atoms. The molecule has 2 aromatic rings. The van der Waals surface area contributed by atoms with E-state index >= 15 is 0 Å². The van der Waals surface area contributed by atoms with Gasteiger partial charge in [0.15, 0.2) is 5.13 Å². The number of fused-ring (bicyclic) bond motifs is 1. The second-order valence-electron chi connectivity index (χ2n) is 6.10. The summed E-state index contributed by atoms with van der Waals surface area (Å²) in [7, 11) is 2.08. The maximum atomic E-state index is 12.3. The molecule has 0 aliphatic carbocycles. The summed E-state index contributed by atoms with van der Waals surface area (Å²) in [5.41, 5.74) is 1.66. The fourth-order valence-electron chi connectivity index (χ4n) is 2.67. The van der Waals surface area contributed by atoms with E-state index in [4.69, 9.17) is 4.74 Å². The van der Waals surface area contributed by atoms with Crippen LogP contribution in [0.5, 0.6) is 5.75 Å². The van der Waals surface area contributed by atoms with Crippen LogP contribution in [0.4, 0.5) is 10.8 Å². The monoisotopic (exact) mass is 383 g/mol. The van der Waals surface area contributed by atoms with Crippen LogP contribution >= 0.6 is 11.3 Å². The van der Waals surface area contributed by atoms with E-state index in [2.05, 4.69) is 27.6 Å². The average Bonchev–Trinajstić information content (AvgIpc) is 3.06. The van der Waals surface area contributed by atoms with Gasteiger partial charge in [-0.2, -0.15) is 5.26 Å². The van der Waals surface area contributed by atoms with Gasteiger partial charge in [0.05, 0.1) is 12.3 Å². The lowest BCUT2D eigenvalue weighted by molar-refractivity contribution is -0.112. The van der Waals surface area contributed by atoms with Gasteiger partial charge >= 0.3 is 0 Å². The van der Waals surface area contributed by atoms with Crippen LogP contribution in [-0.4, -0.2) is 36.0 Å². The van der Waals surface area contributed by atoms with Crippen LogP contribution in [0.1, 0.15) is 17.5 Å². The Hall–Kier alpha value is -2.89. The number of hydrogen-bond acceptors (Lipinski definition) is 7. The van der Waals surface area contributed by atoms with E-state index in [1.165, 1.54) is 11.1 Å². The number of carbonyl (C=O) groups is 1. The van der Waals surface area contributed by atoms with Gasteiger partial charge in [-0.1, -0.05) is 0 Å². The number of carbonyl (C=O) groups excluding carboxylic acids is 1. The van der Waals surface area contributed by atoms with E-state index in [0.717, 1.165) is 31.0 Å². The fourth-order valence-corrected chi connectivity index (χ4v) is 3.72. The smallest absolute Gasteiger partial charge is 0.267 e. The number of rotatable bonds is 6. The summed E-state index contributed by atoms with van der Waals surface area (Å²) in [5, 5.41) is 15.7. The maximum absolute atomic E-state index is 12.3. The Morgan fingerprint density at radius 3 is 2.93 bits per heavy atom. The number of thiazole rings is 1. The maximum Gasteiger partial charge on any atom is 0.267 e. The topological polar surface area (TPSA) is 90.3 Å². The van der Waals surface area contributed by atoms with E-state index in [0.29, 0.717) is 17.4 Å². The number of nitrogens with one attached hydrogen (secondary N) is 2. The molecule has 0 saturated heterocycles. The zero-order valence-corrected chi connectivity index (χ0v) is 16.1. The van der Waals surface area contributed by atoms with Crippen molar-refractivity contribution in [3.63, 3.8) is 0 Å². The van der Waals surface area contributed by atoms with Crippen molar-refractivity contribution in [3.8, 4) is 11.8 Å². The summed E-state index contributed by atoms with van der Waals surface area (Å²) >= 11 is 1.55. The average molecular weight is 383 g/mol. The first-order valence-corrected chi connectivity index (χ1v) is 9.49. The Labute approximate surface area is 162 Å². The molecule has 0 radical (unpaired) electrons. The first kappa shape index (κ1) is 18.9. The van der Waals surface area contributed by atoms with Crippen molar-refractivity contribution < 1.29 is 9.53 Å². The zero-order chi connectivity index (χ0) is 19.2. The summed E-state index contributed by atoms with van der Waals surface area (Å²) < 4.78 is 5.37. The second kappa shape index (κ2) is 8.66. The molecule has 1 aliphatic rings. The van der Waals surface area contributed by atoms with Gasteiger partial charge in [-0.15, -0.1) is 11.3 Å².